The van der Waals surface area contributed by atoms with Gasteiger partial charge in [-0.15, -0.1) is 0 Å². The van der Waals surface area contributed by atoms with E-state index in [1.165, 1.54) is 35.0 Å². The van der Waals surface area contributed by atoms with Crippen molar-refractivity contribution in [1.29, 1.82) is 0 Å². The lowest BCUT2D eigenvalue weighted by atomic mass is 10.1. The summed E-state index contributed by atoms with van der Waals surface area (Å²) in [4.78, 5) is 35.5. The number of aromatic nitrogens is 5. The third kappa shape index (κ3) is 3.47. The molecule has 9 nitrogen and oxygen atoms in total. The highest BCUT2D eigenvalue weighted by molar-refractivity contribution is 6.10. The maximum atomic E-state index is 13.5. The summed E-state index contributed by atoms with van der Waals surface area (Å²) in [6, 6.07) is 7.62. The number of hydrogen-bond acceptors (Lipinski definition) is 5. The van der Waals surface area contributed by atoms with Crippen LogP contribution in [0.5, 0.6) is 0 Å². The van der Waals surface area contributed by atoms with Gasteiger partial charge in [-0.3, -0.25) is 18.7 Å². The van der Waals surface area contributed by atoms with Crippen molar-refractivity contribution in [2.24, 2.45) is 7.05 Å². The molecule has 1 fully saturated rings. The smallest absolute Gasteiger partial charge is 0.275 e. The summed E-state index contributed by atoms with van der Waals surface area (Å²) in [7, 11) is 1.54. The third-order valence-electron chi connectivity index (χ3n) is 5.20. The van der Waals surface area contributed by atoms with Crippen LogP contribution in [0.1, 0.15) is 20.8 Å². The third-order valence-corrected chi connectivity index (χ3v) is 5.20. The Morgan fingerprint density at radius 2 is 2.00 bits per heavy atom. The highest BCUT2D eigenvalue weighted by Crippen LogP contribution is 2.21. The van der Waals surface area contributed by atoms with Gasteiger partial charge in [-0.1, -0.05) is 12.1 Å². The minimum absolute atomic E-state index is 0.000535. The van der Waals surface area contributed by atoms with Crippen LogP contribution in [-0.4, -0.2) is 60.1 Å². The Morgan fingerprint density at radius 3 is 2.75 bits per heavy atom. The number of hydrogen-bond donors (Lipinski definition) is 1. The van der Waals surface area contributed by atoms with Gasteiger partial charge in [0.1, 0.15) is 23.5 Å². The molecule has 11 heteroatoms. The molecular formula is C21H17F2N7O2. The number of likely N-dealkylation sites (tertiary alicyclic amines) is 1. The number of nitrogens with one attached hydrogen (secondary N) is 1. The summed E-state index contributed by atoms with van der Waals surface area (Å²) in [5.74, 6) is -0.889. The molecule has 1 aromatic carbocycles. The first kappa shape index (κ1) is 19.8. The fourth-order valence-electron chi connectivity index (χ4n) is 3.53. The molecule has 1 aliphatic heterocycles. The van der Waals surface area contributed by atoms with Crippen molar-refractivity contribution in [3.63, 3.8) is 0 Å². The lowest BCUT2D eigenvalue weighted by Crippen LogP contribution is -2.51. The van der Waals surface area contributed by atoms with Gasteiger partial charge in [-0.25, -0.2) is 13.8 Å². The Hall–Kier alpha value is -4.15. The van der Waals surface area contributed by atoms with Crippen molar-refractivity contribution in [3.8, 4) is 11.3 Å². The average molecular weight is 437 g/mol. The van der Waals surface area contributed by atoms with Crippen LogP contribution < -0.4 is 5.32 Å². The highest BCUT2D eigenvalue weighted by atomic mass is 19.1. The molecule has 4 aromatic rings. The molecule has 0 spiro atoms. The van der Waals surface area contributed by atoms with E-state index in [4.69, 9.17) is 0 Å². The predicted molar refractivity (Wildman–Crippen MR) is 110 cm³/mol. The van der Waals surface area contributed by atoms with E-state index in [0.717, 1.165) is 0 Å². The first-order valence-corrected chi connectivity index (χ1v) is 9.77. The van der Waals surface area contributed by atoms with Gasteiger partial charge < -0.3 is 10.2 Å². The van der Waals surface area contributed by atoms with Gasteiger partial charge in [0.2, 0.25) is 5.78 Å². The van der Waals surface area contributed by atoms with E-state index >= 15 is 0 Å². The van der Waals surface area contributed by atoms with Crippen molar-refractivity contribution in [3.05, 3.63) is 66.0 Å². The summed E-state index contributed by atoms with van der Waals surface area (Å²) in [6.07, 6.45) is 3.60. The number of fused-ring (bicyclic) bond motifs is 1. The molecule has 0 bridgehead atoms. The van der Waals surface area contributed by atoms with E-state index in [9.17, 15) is 18.4 Å². The standard InChI is InChI=1S/C21H17F2N7O2/c1-28-18(15(8-24-28)20(32)30-9-14(23)10-30)19(31)26-17-5-6-29-11-16(25-21(29)27-17)12-3-2-4-13(22)7-12/h2-8,11,14H,9-10H2,1H3,(H,25,26,27,31). The van der Waals surface area contributed by atoms with Crippen LogP contribution in [0.2, 0.25) is 0 Å². The maximum Gasteiger partial charge on any atom is 0.275 e. The molecule has 32 heavy (non-hydrogen) atoms. The molecule has 5 rings (SSSR count). The summed E-state index contributed by atoms with van der Waals surface area (Å²) < 4.78 is 29.6. The van der Waals surface area contributed by atoms with Crippen LogP contribution >= 0.6 is 0 Å². The molecule has 162 valence electrons. The lowest BCUT2D eigenvalue weighted by Gasteiger charge is -2.34. The Kier molecular flexibility index (Phi) is 4.65. The molecule has 1 aliphatic rings. The average Bonchev–Trinajstić information content (AvgIpc) is 3.34. The number of carbonyl (C=O) groups is 2. The summed E-state index contributed by atoms with van der Waals surface area (Å²) >= 11 is 0. The normalized spacial score (nSPS) is 13.9. The first-order chi connectivity index (χ1) is 15.4. The minimum Gasteiger partial charge on any atom is -0.333 e. The van der Waals surface area contributed by atoms with Crippen molar-refractivity contribution in [2.45, 2.75) is 6.17 Å². The summed E-state index contributed by atoms with van der Waals surface area (Å²) in [5.41, 5.74) is 1.26. The number of nitrogens with zero attached hydrogens (tertiary/aromatic N) is 6. The maximum absolute atomic E-state index is 13.5. The van der Waals surface area contributed by atoms with Gasteiger partial charge in [-0.2, -0.15) is 10.1 Å². The number of alkyl halides is 1. The van der Waals surface area contributed by atoms with Gasteiger partial charge in [0, 0.05) is 25.0 Å². The zero-order valence-corrected chi connectivity index (χ0v) is 16.9. The lowest BCUT2D eigenvalue weighted by molar-refractivity contribution is 0.0398. The topological polar surface area (TPSA) is 97.4 Å². The van der Waals surface area contributed by atoms with E-state index < -0.39 is 18.0 Å². The molecule has 0 saturated carbocycles. The number of anilines is 1. The Morgan fingerprint density at radius 1 is 1.19 bits per heavy atom. The van der Waals surface area contributed by atoms with Crippen LogP contribution in [0.15, 0.2) is 48.9 Å². The van der Waals surface area contributed by atoms with Crippen LogP contribution in [0, 0.1) is 5.82 Å². The van der Waals surface area contributed by atoms with E-state index in [-0.39, 0.29) is 36.0 Å². The monoisotopic (exact) mass is 437 g/mol. The summed E-state index contributed by atoms with van der Waals surface area (Å²) in [5, 5.41) is 6.65. The molecular weight excluding hydrogens is 420 g/mol. The zero-order valence-electron chi connectivity index (χ0n) is 16.9. The van der Waals surface area contributed by atoms with Gasteiger partial charge in [0.05, 0.1) is 30.5 Å². The predicted octanol–water partition coefficient (Wildman–Crippen LogP) is 2.32. The molecule has 1 N–H and O–H groups in total. The van der Waals surface area contributed by atoms with E-state index in [0.29, 0.717) is 17.0 Å². The quantitative estimate of drug-likeness (QED) is 0.529. The molecule has 3 aromatic heterocycles. The number of imidazole rings is 1. The largest absolute Gasteiger partial charge is 0.333 e. The highest BCUT2D eigenvalue weighted by Gasteiger charge is 2.34. The number of benzene rings is 1. The second kappa shape index (κ2) is 7.52. The number of carbonyl (C=O) groups excluding carboxylic acids is 2. The number of aryl methyl sites for hydroxylation is 1. The van der Waals surface area contributed by atoms with Crippen molar-refractivity contribution in [1.82, 2.24) is 29.0 Å². The van der Waals surface area contributed by atoms with Crippen LogP contribution in [-0.2, 0) is 7.05 Å². The molecule has 4 heterocycles. The van der Waals surface area contributed by atoms with Crippen LogP contribution in [0.4, 0.5) is 14.6 Å². The Labute approximate surface area is 180 Å². The second-order valence-electron chi connectivity index (χ2n) is 7.45. The molecule has 0 unspecified atom stereocenters. The van der Waals surface area contributed by atoms with Crippen LogP contribution in [0.25, 0.3) is 17.0 Å². The molecule has 0 radical (unpaired) electrons. The Balaban J connectivity index is 1.40. The van der Waals surface area contributed by atoms with Crippen molar-refractivity contribution < 1.29 is 18.4 Å². The fourth-order valence-corrected chi connectivity index (χ4v) is 3.53. The van der Waals surface area contributed by atoms with E-state index in [1.807, 2.05) is 0 Å². The zero-order chi connectivity index (χ0) is 22.4. The number of amides is 2. The van der Waals surface area contributed by atoms with Crippen LogP contribution in [0.3, 0.4) is 0 Å². The minimum atomic E-state index is -1.05. The molecule has 0 aliphatic carbocycles. The van der Waals surface area contributed by atoms with E-state index in [1.54, 1.807) is 35.0 Å². The first-order valence-electron chi connectivity index (χ1n) is 9.77. The van der Waals surface area contributed by atoms with Gasteiger partial charge in [0.15, 0.2) is 0 Å². The summed E-state index contributed by atoms with van der Waals surface area (Å²) in [6.45, 7) is 0.00107. The second-order valence-corrected chi connectivity index (χ2v) is 7.45. The van der Waals surface area contributed by atoms with Crippen molar-refractivity contribution in [2.75, 3.05) is 18.4 Å². The number of rotatable bonds is 4. The van der Waals surface area contributed by atoms with E-state index in [2.05, 4.69) is 20.4 Å². The van der Waals surface area contributed by atoms with Gasteiger partial charge >= 0.3 is 0 Å². The van der Waals surface area contributed by atoms with Gasteiger partial charge in [-0.05, 0) is 18.2 Å². The fraction of sp³-hybridized carbons (Fsp3) is 0.190. The Bertz CT molecular complexity index is 1360. The SMILES string of the molecule is Cn1ncc(C(=O)N2CC(F)C2)c1C(=O)Nc1ccn2cc(-c3cccc(F)c3)nc2n1. The number of halogens is 2. The van der Waals surface area contributed by atoms with Gasteiger partial charge in [0.25, 0.3) is 11.8 Å². The molecule has 1 saturated heterocycles. The molecule has 0 atom stereocenters. The molecule has 2 amide bonds. The van der Waals surface area contributed by atoms with Crippen molar-refractivity contribution >= 4 is 23.4 Å².